The average Bonchev–Trinajstić information content (AvgIpc) is 3.18. The Bertz CT molecular complexity index is 471. The second-order valence-corrected chi connectivity index (χ2v) is 5.98. The summed E-state index contributed by atoms with van der Waals surface area (Å²) < 4.78 is 0. The number of benzene rings is 1. The third-order valence-electron chi connectivity index (χ3n) is 3.57. The minimum atomic E-state index is -0.119. The summed E-state index contributed by atoms with van der Waals surface area (Å²) in [6, 6.07) is 5.52. The lowest BCUT2D eigenvalue weighted by Crippen LogP contribution is -2.41. The molecule has 104 valence electrons. The van der Waals surface area contributed by atoms with Gasteiger partial charge in [0, 0.05) is 16.6 Å². The van der Waals surface area contributed by atoms with Crippen molar-refractivity contribution in [3.05, 3.63) is 33.8 Å². The van der Waals surface area contributed by atoms with Crippen molar-refractivity contribution in [3.8, 4) is 0 Å². The van der Waals surface area contributed by atoms with Crippen LogP contribution in [-0.2, 0) is 0 Å². The van der Waals surface area contributed by atoms with Gasteiger partial charge in [-0.1, -0.05) is 30.1 Å². The van der Waals surface area contributed by atoms with Crippen LogP contribution in [0.15, 0.2) is 18.2 Å². The summed E-state index contributed by atoms with van der Waals surface area (Å²) in [5.41, 5.74) is 0.570. The first kappa shape index (κ1) is 14.8. The lowest BCUT2D eigenvalue weighted by Gasteiger charge is -2.27. The van der Waals surface area contributed by atoms with Gasteiger partial charge in [-0.25, -0.2) is 0 Å². The average molecular weight is 300 g/mol. The number of nitrogens with zero attached hydrogens (tertiary/aromatic N) is 1. The van der Waals surface area contributed by atoms with E-state index in [1.807, 2.05) is 6.92 Å². The van der Waals surface area contributed by atoms with Gasteiger partial charge in [0.25, 0.3) is 0 Å². The monoisotopic (exact) mass is 299 g/mol. The summed E-state index contributed by atoms with van der Waals surface area (Å²) in [4.78, 5) is 14.9. The van der Waals surface area contributed by atoms with Crippen molar-refractivity contribution >= 4 is 29.0 Å². The van der Waals surface area contributed by atoms with Gasteiger partial charge in [0.2, 0.25) is 0 Å². The van der Waals surface area contributed by atoms with Crippen LogP contribution in [0.2, 0.25) is 10.0 Å². The van der Waals surface area contributed by atoms with Gasteiger partial charge in [0.05, 0.1) is 11.1 Å². The van der Waals surface area contributed by atoms with E-state index >= 15 is 0 Å². The first-order valence-corrected chi connectivity index (χ1v) is 7.55. The lowest BCUT2D eigenvalue weighted by molar-refractivity contribution is 0.0826. The molecule has 1 fully saturated rings. The van der Waals surface area contributed by atoms with E-state index in [4.69, 9.17) is 23.2 Å². The highest BCUT2D eigenvalue weighted by Gasteiger charge is 2.34. The van der Waals surface area contributed by atoms with Crippen LogP contribution in [0, 0.1) is 0 Å². The zero-order chi connectivity index (χ0) is 14.0. The number of ketones is 1. The van der Waals surface area contributed by atoms with Crippen LogP contribution >= 0.6 is 23.2 Å². The number of carbonyl (C=O) groups is 1. The van der Waals surface area contributed by atoms with Crippen molar-refractivity contribution in [2.45, 2.75) is 45.2 Å². The number of hydrogen-bond acceptors (Lipinski definition) is 2. The summed E-state index contributed by atoms with van der Waals surface area (Å²) in [5.74, 6) is 0.0852. The Hall–Kier alpha value is -0.570. The number of hydrogen-bond donors (Lipinski definition) is 0. The molecule has 0 N–H and O–H groups in total. The molecule has 1 aliphatic carbocycles. The molecule has 1 aromatic rings. The molecule has 0 amide bonds. The fourth-order valence-corrected chi connectivity index (χ4v) is 2.92. The Kier molecular flexibility index (Phi) is 4.88. The summed E-state index contributed by atoms with van der Waals surface area (Å²) in [6.45, 7) is 5.08. The summed E-state index contributed by atoms with van der Waals surface area (Å²) in [6.07, 6.45) is 3.46. The molecule has 2 rings (SSSR count). The van der Waals surface area contributed by atoms with Crippen molar-refractivity contribution in [2.75, 3.05) is 6.54 Å². The van der Waals surface area contributed by atoms with E-state index in [0.29, 0.717) is 21.7 Å². The van der Waals surface area contributed by atoms with Crippen LogP contribution in [-0.4, -0.2) is 29.3 Å². The van der Waals surface area contributed by atoms with Crippen molar-refractivity contribution in [1.29, 1.82) is 0 Å². The Labute approximate surface area is 124 Å². The molecule has 0 radical (unpaired) electrons. The maximum Gasteiger partial charge on any atom is 0.181 e. The molecule has 0 bridgehead atoms. The SMILES string of the molecule is CCCN(C1CC1)C(C)C(=O)c1ccc(Cl)cc1Cl. The highest BCUT2D eigenvalue weighted by molar-refractivity contribution is 6.37. The molecule has 2 nitrogen and oxygen atoms in total. The second kappa shape index (κ2) is 6.25. The van der Waals surface area contributed by atoms with Crippen LogP contribution in [0.4, 0.5) is 0 Å². The highest BCUT2D eigenvalue weighted by Crippen LogP contribution is 2.31. The number of halogens is 2. The van der Waals surface area contributed by atoms with Gasteiger partial charge in [-0.15, -0.1) is 0 Å². The lowest BCUT2D eigenvalue weighted by atomic mass is 10.0. The number of carbonyl (C=O) groups excluding carboxylic acids is 1. The predicted octanol–water partition coefficient (Wildman–Crippen LogP) is 4.44. The van der Waals surface area contributed by atoms with E-state index in [1.54, 1.807) is 18.2 Å². The van der Waals surface area contributed by atoms with Gasteiger partial charge in [-0.05, 0) is 50.9 Å². The molecule has 0 saturated heterocycles. The van der Waals surface area contributed by atoms with Crippen LogP contribution < -0.4 is 0 Å². The smallest absolute Gasteiger partial charge is 0.181 e. The van der Waals surface area contributed by atoms with E-state index < -0.39 is 0 Å². The van der Waals surface area contributed by atoms with Crippen molar-refractivity contribution in [1.82, 2.24) is 4.90 Å². The van der Waals surface area contributed by atoms with Crippen LogP contribution in [0.1, 0.15) is 43.5 Å². The van der Waals surface area contributed by atoms with Crippen LogP contribution in [0.5, 0.6) is 0 Å². The van der Waals surface area contributed by atoms with Gasteiger partial charge in [-0.3, -0.25) is 9.69 Å². The minimum absolute atomic E-state index is 0.0852. The molecule has 0 heterocycles. The van der Waals surface area contributed by atoms with Crippen LogP contribution in [0.25, 0.3) is 0 Å². The fraction of sp³-hybridized carbons (Fsp3) is 0.533. The highest BCUT2D eigenvalue weighted by atomic mass is 35.5. The standard InChI is InChI=1S/C15H19Cl2NO/c1-3-8-18(12-5-6-12)10(2)15(19)13-7-4-11(16)9-14(13)17/h4,7,9-10,12H,3,5-6,8H2,1-2H3. The third-order valence-corrected chi connectivity index (χ3v) is 4.12. The topological polar surface area (TPSA) is 20.3 Å². The Morgan fingerprint density at radius 1 is 1.42 bits per heavy atom. The molecule has 1 atom stereocenters. The van der Waals surface area contributed by atoms with E-state index in [2.05, 4.69) is 11.8 Å². The molecule has 4 heteroatoms. The Balaban J connectivity index is 2.17. The number of Topliss-reactive ketones (excluding diaryl/α,β-unsaturated/α-hetero) is 1. The van der Waals surface area contributed by atoms with E-state index in [0.717, 1.165) is 13.0 Å². The summed E-state index contributed by atoms with van der Waals surface area (Å²) >= 11 is 12.0. The van der Waals surface area contributed by atoms with E-state index in [-0.39, 0.29) is 11.8 Å². The molecular formula is C15H19Cl2NO. The van der Waals surface area contributed by atoms with Gasteiger partial charge in [-0.2, -0.15) is 0 Å². The van der Waals surface area contributed by atoms with Gasteiger partial charge < -0.3 is 0 Å². The van der Waals surface area contributed by atoms with Gasteiger partial charge >= 0.3 is 0 Å². The van der Waals surface area contributed by atoms with Crippen molar-refractivity contribution in [3.63, 3.8) is 0 Å². The predicted molar refractivity (Wildman–Crippen MR) is 80.3 cm³/mol. The van der Waals surface area contributed by atoms with Gasteiger partial charge in [0.1, 0.15) is 0 Å². The Morgan fingerprint density at radius 2 is 2.11 bits per heavy atom. The second-order valence-electron chi connectivity index (χ2n) is 5.13. The molecule has 1 saturated carbocycles. The van der Waals surface area contributed by atoms with Gasteiger partial charge in [0.15, 0.2) is 5.78 Å². The summed E-state index contributed by atoms with van der Waals surface area (Å²) in [7, 11) is 0. The third kappa shape index (κ3) is 3.50. The molecule has 0 spiro atoms. The zero-order valence-electron chi connectivity index (χ0n) is 11.3. The normalized spacial score (nSPS) is 16.7. The maximum atomic E-state index is 12.6. The Morgan fingerprint density at radius 3 is 2.63 bits per heavy atom. The minimum Gasteiger partial charge on any atom is -0.292 e. The molecular weight excluding hydrogens is 281 g/mol. The molecule has 1 unspecified atom stereocenters. The van der Waals surface area contributed by atoms with Crippen LogP contribution in [0.3, 0.4) is 0 Å². The first-order chi connectivity index (χ1) is 9.04. The zero-order valence-corrected chi connectivity index (χ0v) is 12.8. The quantitative estimate of drug-likeness (QED) is 0.724. The number of rotatable bonds is 6. The van der Waals surface area contributed by atoms with E-state index in [1.165, 1.54) is 12.8 Å². The summed E-state index contributed by atoms with van der Waals surface area (Å²) in [5, 5.41) is 0.999. The molecule has 0 aliphatic heterocycles. The fourth-order valence-electron chi connectivity index (χ4n) is 2.42. The molecule has 1 aromatic carbocycles. The maximum absolute atomic E-state index is 12.6. The van der Waals surface area contributed by atoms with Crippen molar-refractivity contribution < 1.29 is 4.79 Å². The van der Waals surface area contributed by atoms with Crippen molar-refractivity contribution in [2.24, 2.45) is 0 Å². The molecule has 19 heavy (non-hydrogen) atoms. The first-order valence-electron chi connectivity index (χ1n) is 6.79. The largest absolute Gasteiger partial charge is 0.292 e. The molecule has 0 aromatic heterocycles. The van der Waals surface area contributed by atoms with E-state index in [9.17, 15) is 4.79 Å². The molecule has 1 aliphatic rings.